The van der Waals surface area contributed by atoms with Gasteiger partial charge < -0.3 is 15.6 Å². The molecule has 3 N–H and O–H groups in total. The quantitative estimate of drug-likeness (QED) is 0.709. The maximum Gasteiger partial charge on any atom is 0.133 e. The van der Waals surface area contributed by atoms with Crippen LogP contribution < -0.4 is 11.1 Å². The number of rotatable bonds is 5. The van der Waals surface area contributed by atoms with E-state index in [-0.39, 0.29) is 6.04 Å². The van der Waals surface area contributed by atoms with E-state index in [0.29, 0.717) is 0 Å². The molecule has 0 aromatic carbocycles. The Morgan fingerprint density at radius 3 is 3.00 bits per heavy atom. The van der Waals surface area contributed by atoms with E-state index in [4.69, 9.17) is 10.3 Å². The maximum atomic E-state index is 5.74. The van der Waals surface area contributed by atoms with E-state index in [1.807, 2.05) is 13.0 Å². The van der Waals surface area contributed by atoms with Gasteiger partial charge in [-0.3, -0.25) is 0 Å². The van der Waals surface area contributed by atoms with Crippen molar-refractivity contribution in [1.82, 2.24) is 10.5 Å². The zero-order valence-corrected chi connectivity index (χ0v) is 8.21. The monoisotopic (exact) mass is 183 g/mol. The molecule has 1 aromatic rings. The molecular formula is C9H17N3O. The highest BCUT2D eigenvalue weighted by molar-refractivity contribution is 5.02. The smallest absolute Gasteiger partial charge is 0.133 e. The number of nitrogens with zero attached hydrogens (tertiary/aromatic N) is 1. The molecule has 0 fully saturated rings. The number of aryl methyl sites for hydroxylation is 1. The van der Waals surface area contributed by atoms with Crippen LogP contribution in [-0.4, -0.2) is 17.7 Å². The van der Waals surface area contributed by atoms with Crippen molar-refractivity contribution in [3.63, 3.8) is 0 Å². The lowest BCUT2D eigenvalue weighted by Gasteiger charge is -2.08. The largest absolute Gasteiger partial charge is 0.361 e. The molecule has 0 aliphatic heterocycles. The molecule has 0 aliphatic carbocycles. The molecule has 1 rings (SSSR count). The lowest BCUT2D eigenvalue weighted by Crippen LogP contribution is -2.32. The van der Waals surface area contributed by atoms with Crippen LogP contribution in [0.1, 0.15) is 24.8 Å². The molecule has 1 aromatic heterocycles. The number of nitrogens with two attached hydrogens (primary N) is 1. The molecule has 1 heterocycles. The van der Waals surface area contributed by atoms with Gasteiger partial charge in [-0.15, -0.1) is 0 Å². The van der Waals surface area contributed by atoms with Crippen molar-refractivity contribution in [1.29, 1.82) is 0 Å². The molecule has 0 saturated carbocycles. The third-order valence-corrected chi connectivity index (χ3v) is 1.91. The topological polar surface area (TPSA) is 64.1 Å². The Morgan fingerprint density at radius 1 is 1.69 bits per heavy atom. The van der Waals surface area contributed by atoms with Crippen molar-refractivity contribution in [3.8, 4) is 0 Å². The van der Waals surface area contributed by atoms with Gasteiger partial charge in [-0.05, 0) is 13.3 Å². The van der Waals surface area contributed by atoms with E-state index in [0.717, 1.165) is 31.0 Å². The van der Waals surface area contributed by atoms with Crippen LogP contribution in [-0.2, 0) is 6.54 Å². The second-order valence-electron chi connectivity index (χ2n) is 3.23. The van der Waals surface area contributed by atoms with E-state index in [2.05, 4.69) is 17.4 Å². The summed E-state index contributed by atoms with van der Waals surface area (Å²) in [5.74, 6) is 0.844. The van der Waals surface area contributed by atoms with Gasteiger partial charge in [-0.25, -0.2) is 0 Å². The Balaban J connectivity index is 2.20. The Morgan fingerprint density at radius 2 is 2.46 bits per heavy atom. The third-order valence-electron chi connectivity index (χ3n) is 1.91. The number of hydrogen-bond acceptors (Lipinski definition) is 4. The highest BCUT2D eigenvalue weighted by Gasteiger charge is 2.01. The van der Waals surface area contributed by atoms with E-state index in [9.17, 15) is 0 Å². The molecule has 4 heteroatoms. The first-order valence-corrected chi connectivity index (χ1v) is 4.61. The summed E-state index contributed by atoms with van der Waals surface area (Å²) in [5, 5.41) is 7.08. The minimum absolute atomic E-state index is 0.230. The predicted octanol–water partition coefficient (Wildman–Crippen LogP) is 0.810. The standard InChI is InChI=1S/C9H17N3O/c1-3-8(10)5-11-6-9-4-7(2)13-12-9/h4,8,11H,3,5-6,10H2,1-2H3. The van der Waals surface area contributed by atoms with Crippen LogP contribution in [0.15, 0.2) is 10.6 Å². The normalized spacial score (nSPS) is 13.2. The van der Waals surface area contributed by atoms with Crippen molar-refractivity contribution >= 4 is 0 Å². The molecule has 1 unspecified atom stereocenters. The fourth-order valence-corrected chi connectivity index (χ4v) is 1.03. The number of hydrogen-bond donors (Lipinski definition) is 2. The van der Waals surface area contributed by atoms with Gasteiger partial charge in [0.1, 0.15) is 5.76 Å². The first-order valence-electron chi connectivity index (χ1n) is 4.61. The van der Waals surface area contributed by atoms with E-state index < -0.39 is 0 Å². The van der Waals surface area contributed by atoms with Crippen LogP contribution in [0.4, 0.5) is 0 Å². The minimum Gasteiger partial charge on any atom is -0.361 e. The van der Waals surface area contributed by atoms with Crippen molar-refractivity contribution in [2.45, 2.75) is 32.9 Å². The summed E-state index contributed by atoms with van der Waals surface area (Å²) < 4.78 is 4.93. The Hall–Kier alpha value is -0.870. The molecule has 0 spiro atoms. The molecule has 0 aliphatic rings. The summed E-state index contributed by atoms with van der Waals surface area (Å²) in [6.45, 7) is 5.51. The van der Waals surface area contributed by atoms with Crippen LogP contribution in [0.2, 0.25) is 0 Å². The van der Waals surface area contributed by atoms with Gasteiger partial charge in [0, 0.05) is 25.2 Å². The second-order valence-corrected chi connectivity index (χ2v) is 3.23. The second kappa shape index (κ2) is 4.99. The summed E-state index contributed by atoms with van der Waals surface area (Å²) in [5.41, 5.74) is 6.67. The van der Waals surface area contributed by atoms with Crippen molar-refractivity contribution < 1.29 is 4.52 Å². The van der Waals surface area contributed by atoms with E-state index >= 15 is 0 Å². The molecule has 74 valence electrons. The highest BCUT2D eigenvalue weighted by atomic mass is 16.5. The number of aromatic nitrogens is 1. The number of nitrogens with one attached hydrogen (secondary N) is 1. The zero-order chi connectivity index (χ0) is 9.68. The first-order chi connectivity index (χ1) is 6.22. The zero-order valence-electron chi connectivity index (χ0n) is 8.21. The average molecular weight is 183 g/mol. The van der Waals surface area contributed by atoms with Crippen LogP contribution in [0, 0.1) is 6.92 Å². The van der Waals surface area contributed by atoms with Gasteiger partial charge in [0.25, 0.3) is 0 Å². The van der Waals surface area contributed by atoms with Gasteiger partial charge in [0.15, 0.2) is 0 Å². The fraction of sp³-hybridized carbons (Fsp3) is 0.667. The molecule has 13 heavy (non-hydrogen) atoms. The molecule has 1 atom stereocenters. The van der Waals surface area contributed by atoms with Crippen molar-refractivity contribution in [2.75, 3.05) is 6.54 Å². The summed E-state index contributed by atoms with van der Waals surface area (Å²) in [4.78, 5) is 0. The third kappa shape index (κ3) is 3.57. The van der Waals surface area contributed by atoms with E-state index in [1.54, 1.807) is 0 Å². The first kappa shape index (κ1) is 10.2. The molecule has 0 radical (unpaired) electrons. The highest BCUT2D eigenvalue weighted by Crippen LogP contribution is 2.00. The Bertz CT molecular complexity index is 247. The van der Waals surface area contributed by atoms with Crippen molar-refractivity contribution in [2.24, 2.45) is 5.73 Å². The van der Waals surface area contributed by atoms with Gasteiger partial charge in [0.05, 0.1) is 5.69 Å². The minimum atomic E-state index is 0.230. The Kier molecular flexibility index (Phi) is 3.92. The summed E-state index contributed by atoms with van der Waals surface area (Å²) in [6, 6.07) is 2.15. The molecule has 0 amide bonds. The lowest BCUT2D eigenvalue weighted by atomic mass is 10.2. The average Bonchev–Trinajstić information content (AvgIpc) is 2.51. The van der Waals surface area contributed by atoms with Crippen LogP contribution in [0.5, 0.6) is 0 Å². The van der Waals surface area contributed by atoms with Crippen molar-refractivity contribution in [3.05, 3.63) is 17.5 Å². The van der Waals surface area contributed by atoms with Gasteiger partial charge in [-0.1, -0.05) is 12.1 Å². The predicted molar refractivity (Wildman–Crippen MR) is 51.2 cm³/mol. The van der Waals surface area contributed by atoms with Gasteiger partial charge >= 0.3 is 0 Å². The van der Waals surface area contributed by atoms with Gasteiger partial charge in [-0.2, -0.15) is 0 Å². The molecule has 0 bridgehead atoms. The van der Waals surface area contributed by atoms with Crippen LogP contribution >= 0.6 is 0 Å². The fourth-order valence-electron chi connectivity index (χ4n) is 1.03. The summed E-state index contributed by atoms with van der Waals surface area (Å²) >= 11 is 0. The molecular weight excluding hydrogens is 166 g/mol. The maximum absolute atomic E-state index is 5.74. The SMILES string of the molecule is CCC(N)CNCc1cc(C)on1. The summed E-state index contributed by atoms with van der Waals surface area (Å²) in [7, 11) is 0. The Labute approximate surface area is 78.5 Å². The molecule has 4 nitrogen and oxygen atoms in total. The van der Waals surface area contributed by atoms with E-state index in [1.165, 1.54) is 0 Å². The van der Waals surface area contributed by atoms with Crippen LogP contribution in [0.25, 0.3) is 0 Å². The van der Waals surface area contributed by atoms with Gasteiger partial charge in [0.2, 0.25) is 0 Å². The van der Waals surface area contributed by atoms with Crippen LogP contribution in [0.3, 0.4) is 0 Å². The molecule has 0 saturated heterocycles. The summed E-state index contributed by atoms with van der Waals surface area (Å²) in [6.07, 6.45) is 0.991. The lowest BCUT2D eigenvalue weighted by molar-refractivity contribution is 0.387.